The van der Waals surface area contributed by atoms with Crippen LogP contribution in [0.1, 0.15) is 25.0 Å². The zero-order chi connectivity index (χ0) is 20.9. The maximum absolute atomic E-state index is 14.7. The molecule has 0 aliphatic rings. The second-order valence-electron chi connectivity index (χ2n) is 8.48. The number of hydrogen-bond donors (Lipinski definition) is 0. The summed E-state index contributed by atoms with van der Waals surface area (Å²) in [4.78, 5) is 4.73. The van der Waals surface area contributed by atoms with Gasteiger partial charge in [0, 0.05) is 10.9 Å². The fraction of sp³-hybridized carbons (Fsp3) is 0.182. The number of halogens is 1. The molecule has 29 heavy (non-hydrogen) atoms. The normalized spacial score (nSPS) is 12.0. The maximum atomic E-state index is 14.7. The molecular weight excluding hydrogens is 360 g/mol. The van der Waals surface area contributed by atoms with Gasteiger partial charge in [0.05, 0.1) is 22.7 Å². The average Bonchev–Trinajstić information content (AvgIpc) is 3.06. The largest absolute Gasteiger partial charge is 0.455 e. The highest BCUT2D eigenvalue weighted by molar-refractivity contribution is 6.40. The van der Waals surface area contributed by atoms with Gasteiger partial charge in [0.2, 0.25) is 0 Å². The first-order chi connectivity index (χ1) is 13.7. The minimum atomic E-state index is -0.345. The lowest BCUT2D eigenvalue weighted by Crippen LogP contribution is -2.34. The maximum Gasteiger partial charge on any atom is 0.163 e. The van der Waals surface area contributed by atoms with Crippen LogP contribution in [0.25, 0.3) is 33.2 Å². The van der Waals surface area contributed by atoms with Crippen molar-refractivity contribution < 1.29 is 8.81 Å². The van der Waals surface area contributed by atoms with Gasteiger partial charge >= 0.3 is 0 Å². The van der Waals surface area contributed by atoms with E-state index in [2.05, 4.69) is 47.7 Å². The molecule has 0 unspecified atom stereocenters. The molecule has 140 valence electrons. The van der Waals surface area contributed by atoms with Gasteiger partial charge in [-0.25, -0.2) is 4.39 Å². The van der Waals surface area contributed by atoms with Crippen LogP contribution in [0.2, 0.25) is 0 Å². The van der Waals surface area contributed by atoms with Crippen molar-refractivity contribution in [2.75, 3.05) is 0 Å². The van der Waals surface area contributed by atoms with E-state index in [1.807, 2.05) is 7.85 Å². The first-order valence-electron chi connectivity index (χ1n) is 9.76. The first-order valence-corrected chi connectivity index (χ1v) is 9.76. The highest BCUT2D eigenvalue weighted by Crippen LogP contribution is 2.38. The minimum Gasteiger partial charge on any atom is -0.455 e. The lowest BCUT2D eigenvalue weighted by atomic mass is 9.46. The molecule has 7 heteroatoms. The number of benzene rings is 2. The molecule has 0 bridgehead atoms. The third kappa shape index (κ3) is 3.13. The van der Waals surface area contributed by atoms with Crippen molar-refractivity contribution in [2.45, 2.75) is 19.1 Å². The van der Waals surface area contributed by atoms with Crippen LogP contribution >= 0.6 is 0 Å². The third-order valence-electron chi connectivity index (χ3n) is 6.12. The number of aromatic nitrogens is 1. The Morgan fingerprint density at radius 1 is 1.14 bits per heavy atom. The van der Waals surface area contributed by atoms with Gasteiger partial charge in [-0.1, -0.05) is 30.5 Å². The SMILES string of the molecule is Bc1cc(C(B)(B)C(C)C)cc(-c2ccc(F)c3c2oc2cc(C#N)ccc23)n1. The summed E-state index contributed by atoms with van der Waals surface area (Å²) in [5.74, 6) is 0.101. The topological polar surface area (TPSA) is 49.8 Å². The molecule has 2 heterocycles. The number of nitrogens with zero attached hydrogens (tertiary/aromatic N) is 2. The van der Waals surface area contributed by atoms with Crippen molar-refractivity contribution in [3.05, 3.63) is 59.4 Å². The lowest BCUT2D eigenvalue weighted by Gasteiger charge is -2.30. The molecular formula is C22H20B3FN2O. The van der Waals surface area contributed by atoms with Gasteiger partial charge in [-0.15, -0.1) is 0 Å². The van der Waals surface area contributed by atoms with Crippen molar-refractivity contribution in [3.63, 3.8) is 0 Å². The Labute approximate surface area is 172 Å². The number of pyridine rings is 1. The molecule has 0 aliphatic heterocycles. The third-order valence-corrected chi connectivity index (χ3v) is 6.12. The smallest absolute Gasteiger partial charge is 0.163 e. The van der Waals surface area contributed by atoms with E-state index in [9.17, 15) is 4.39 Å². The Bertz CT molecular complexity index is 1310. The fourth-order valence-corrected chi connectivity index (χ4v) is 3.62. The van der Waals surface area contributed by atoms with Gasteiger partial charge in [0.25, 0.3) is 0 Å². The molecule has 4 aromatic rings. The summed E-state index contributed by atoms with van der Waals surface area (Å²) < 4.78 is 20.8. The van der Waals surface area contributed by atoms with E-state index >= 15 is 0 Å². The number of rotatable bonds is 3. The van der Waals surface area contributed by atoms with Crippen LogP contribution in [0.5, 0.6) is 0 Å². The van der Waals surface area contributed by atoms with Gasteiger partial charge in [-0.05, 0) is 48.1 Å². The molecule has 0 amide bonds. The monoisotopic (exact) mass is 380 g/mol. The van der Waals surface area contributed by atoms with E-state index in [4.69, 9.17) is 14.7 Å². The molecule has 3 nitrogen and oxygen atoms in total. The van der Waals surface area contributed by atoms with Crippen molar-refractivity contribution in [1.29, 1.82) is 5.26 Å². The summed E-state index contributed by atoms with van der Waals surface area (Å²) in [7, 11) is 6.42. The number of hydrogen-bond acceptors (Lipinski definition) is 3. The van der Waals surface area contributed by atoms with Crippen LogP contribution in [-0.4, -0.2) is 28.5 Å². The van der Waals surface area contributed by atoms with Crippen molar-refractivity contribution in [2.24, 2.45) is 5.92 Å². The quantitative estimate of drug-likeness (QED) is 0.511. The number of fused-ring (bicyclic) bond motifs is 3. The first kappa shape index (κ1) is 19.3. The Morgan fingerprint density at radius 2 is 1.90 bits per heavy atom. The van der Waals surface area contributed by atoms with E-state index in [0.29, 0.717) is 33.4 Å². The molecule has 2 aromatic carbocycles. The summed E-state index contributed by atoms with van der Waals surface area (Å²) in [6, 6.07) is 14.5. The van der Waals surface area contributed by atoms with Crippen molar-refractivity contribution in [3.8, 4) is 17.3 Å². The molecule has 0 spiro atoms. The van der Waals surface area contributed by atoms with Gasteiger partial charge in [0.1, 0.15) is 32.7 Å². The lowest BCUT2D eigenvalue weighted by molar-refractivity contribution is 0.570. The van der Waals surface area contributed by atoms with Crippen LogP contribution < -0.4 is 5.59 Å². The molecule has 0 fully saturated rings. The predicted octanol–water partition coefficient (Wildman–Crippen LogP) is 1.99. The van der Waals surface area contributed by atoms with Gasteiger partial charge in [-0.3, -0.25) is 4.98 Å². The molecule has 0 saturated heterocycles. The zero-order valence-electron chi connectivity index (χ0n) is 17.3. The van der Waals surface area contributed by atoms with Crippen LogP contribution in [0.3, 0.4) is 0 Å². The van der Waals surface area contributed by atoms with Crippen molar-refractivity contribution >= 4 is 51.1 Å². The number of nitriles is 1. The Hall–Kier alpha value is -3.00. The molecule has 0 saturated carbocycles. The van der Waals surface area contributed by atoms with Crippen LogP contribution in [-0.2, 0) is 5.21 Å². The molecule has 0 atom stereocenters. The molecule has 2 aromatic heterocycles. The second-order valence-corrected chi connectivity index (χ2v) is 8.48. The molecule has 0 radical (unpaired) electrons. The van der Waals surface area contributed by atoms with Crippen molar-refractivity contribution in [1.82, 2.24) is 4.98 Å². The number of furan rings is 1. The zero-order valence-corrected chi connectivity index (χ0v) is 17.3. The highest BCUT2D eigenvalue weighted by Gasteiger charge is 2.26. The Kier molecular flexibility index (Phi) is 4.54. The van der Waals surface area contributed by atoms with E-state index in [1.54, 1.807) is 24.3 Å². The van der Waals surface area contributed by atoms with E-state index in [0.717, 1.165) is 16.9 Å². The summed E-state index contributed by atoms with van der Waals surface area (Å²) in [6.45, 7) is 4.41. The standard InChI is InChI=1S/C22H20B3FN2O/c1-11(2)22(24,25)13-8-17(28-19(23)9-13)14-5-6-16(26)20-15-4-3-12(10-27)7-18(15)29-21(14)20/h3-9,11H,23-25H2,1-2H3. The predicted molar refractivity (Wildman–Crippen MR) is 123 cm³/mol. The summed E-state index contributed by atoms with van der Waals surface area (Å²) in [5.41, 5.74) is 5.05. The summed E-state index contributed by atoms with van der Waals surface area (Å²) in [5, 5.41) is 10.2. The van der Waals surface area contributed by atoms with E-state index in [-0.39, 0.29) is 11.0 Å². The summed E-state index contributed by atoms with van der Waals surface area (Å²) in [6.07, 6.45) is 0. The van der Waals surface area contributed by atoms with Gasteiger partial charge in [0.15, 0.2) is 7.85 Å². The Balaban J connectivity index is 2.01. The highest BCUT2D eigenvalue weighted by atomic mass is 19.1. The fourth-order valence-electron chi connectivity index (χ4n) is 3.62. The molecule has 0 N–H and O–H groups in total. The molecule has 0 aliphatic carbocycles. The van der Waals surface area contributed by atoms with Crippen LogP contribution in [0.4, 0.5) is 4.39 Å². The second kappa shape index (κ2) is 6.81. The van der Waals surface area contributed by atoms with E-state index < -0.39 is 0 Å². The van der Waals surface area contributed by atoms with Crippen LogP contribution in [0, 0.1) is 23.1 Å². The van der Waals surface area contributed by atoms with E-state index in [1.165, 1.54) is 11.6 Å². The van der Waals surface area contributed by atoms with Gasteiger partial charge < -0.3 is 4.42 Å². The van der Waals surface area contributed by atoms with Crippen LogP contribution in [0.15, 0.2) is 46.9 Å². The molecule has 4 rings (SSSR count). The minimum absolute atomic E-state index is 0.0306. The Morgan fingerprint density at radius 3 is 2.59 bits per heavy atom. The summed E-state index contributed by atoms with van der Waals surface area (Å²) >= 11 is 0. The van der Waals surface area contributed by atoms with Gasteiger partial charge in [-0.2, -0.15) is 5.26 Å². The average molecular weight is 380 g/mol.